The smallest absolute Gasteiger partial charge is 0.283 e. The number of carbonyl (C=O) groups is 1. The summed E-state index contributed by atoms with van der Waals surface area (Å²) in [6, 6.07) is 17.5. The van der Waals surface area contributed by atoms with Crippen molar-refractivity contribution in [1.82, 2.24) is 10.4 Å². The molecule has 0 aliphatic heterocycles. The second-order valence-corrected chi connectivity index (χ2v) is 7.94. The third-order valence-corrected chi connectivity index (χ3v) is 5.77. The molecule has 0 spiro atoms. The number of ether oxygens (including phenoxy) is 1. The van der Waals surface area contributed by atoms with Gasteiger partial charge in [-0.2, -0.15) is 5.10 Å². The number of unbranched alkanes of at least 4 members (excludes halogenated alkanes) is 3. The molecule has 1 N–H and O–H groups in total. The molecule has 1 amide bonds. The zero-order valence-corrected chi connectivity index (χ0v) is 18.2. The van der Waals surface area contributed by atoms with Gasteiger partial charge in [0.05, 0.1) is 18.5 Å². The number of carbonyl (C=O) groups excluding carboxylic acids is 1. The Balaban J connectivity index is 1.61. The average Bonchev–Trinajstić information content (AvgIpc) is 3.17. The van der Waals surface area contributed by atoms with Crippen molar-refractivity contribution in [3.8, 4) is 16.3 Å². The van der Waals surface area contributed by atoms with Crippen molar-refractivity contribution < 1.29 is 9.53 Å². The Kier molecular flexibility index (Phi) is 8.15. The molecule has 0 radical (unpaired) electrons. The molecular formula is C24H27N3O2S. The van der Waals surface area contributed by atoms with Gasteiger partial charge < -0.3 is 4.74 Å². The third kappa shape index (κ3) is 6.00. The first-order valence-corrected chi connectivity index (χ1v) is 11.1. The molecule has 0 aliphatic rings. The van der Waals surface area contributed by atoms with Gasteiger partial charge in [-0.15, -0.1) is 11.3 Å². The number of thiazole rings is 1. The van der Waals surface area contributed by atoms with Gasteiger partial charge in [-0.25, -0.2) is 10.4 Å². The lowest BCUT2D eigenvalue weighted by molar-refractivity contribution is 0.0958. The molecule has 0 atom stereocenters. The monoisotopic (exact) mass is 421 g/mol. The van der Waals surface area contributed by atoms with Crippen molar-refractivity contribution in [1.29, 1.82) is 0 Å². The molecule has 3 aromatic rings. The lowest BCUT2D eigenvalue weighted by Gasteiger charge is -2.08. The van der Waals surface area contributed by atoms with Crippen LogP contribution in [0, 0.1) is 6.92 Å². The highest BCUT2D eigenvalue weighted by Gasteiger charge is 2.15. The van der Waals surface area contributed by atoms with Crippen molar-refractivity contribution >= 4 is 23.5 Å². The molecule has 156 valence electrons. The van der Waals surface area contributed by atoms with Gasteiger partial charge in [-0.1, -0.05) is 68.7 Å². The second kappa shape index (κ2) is 11.3. The highest BCUT2D eigenvalue weighted by molar-refractivity contribution is 7.17. The van der Waals surface area contributed by atoms with Crippen LogP contribution in [-0.2, 0) is 0 Å². The molecule has 3 rings (SSSR count). The normalized spacial score (nSPS) is 11.0. The van der Waals surface area contributed by atoms with E-state index < -0.39 is 0 Å². The van der Waals surface area contributed by atoms with Crippen molar-refractivity contribution in [3.63, 3.8) is 0 Å². The standard InChI is InChI=1S/C24H27N3O2S/c1-3-4-5-11-16-29-21-15-10-9-14-20(21)17-25-27-23(28)22-18(2)26-24(30-22)19-12-7-6-8-13-19/h6-10,12-15,17H,3-5,11,16H2,1-2H3,(H,27,28)/b25-17+. The molecule has 2 aromatic carbocycles. The average molecular weight is 422 g/mol. The Morgan fingerprint density at radius 2 is 1.87 bits per heavy atom. The molecule has 0 saturated carbocycles. The maximum atomic E-state index is 12.6. The van der Waals surface area contributed by atoms with Gasteiger partial charge >= 0.3 is 0 Å². The molecule has 0 saturated heterocycles. The van der Waals surface area contributed by atoms with E-state index in [2.05, 4.69) is 22.4 Å². The van der Waals surface area contributed by atoms with Crippen molar-refractivity contribution in [2.45, 2.75) is 39.5 Å². The van der Waals surface area contributed by atoms with E-state index >= 15 is 0 Å². The fraction of sp³-hybridized carbons (Fsp3) is 0.292. The topological polar surface area (TPSA) is 63.6 Å². The lowest BCUT2D eigenvalue weighted by atomic mass is 10.2. The number of para-hydroxylation sites is 1. The summed E-state index contributed by atoms with van der Waals surface area (Å²) in [5, 5.41) is 4.96. The molecule has 30 heavy (non-hydrogen) atoms. The van der Waals surface area contributed by atoms with Crippen LogP contribution in [0.15, 0.2) is 59.7 Å². The highest BCUT2D eigenvalue weighted by Crippen LogP contribution is 2.27. The van der Waals surface area contributed by atoms with Crippen LogP contribution in [-0.4, -0.2) is 23.7 Å². The maximum Gasteiger partial charge on any atom is 0.283 e. The molecule has 5 nitrogen and oxygen atoms in total. The van der Waals surface area contributed by atoms with Gasteiger partial charge in [0, 0.05) is 11.1 Å². The van der Waals surface area contributed by atoms with E-state index in [0.717, 1.165) is 28.3 Å². The van der Waals surface area contributed by atoms with Crippen LogP contribution in [0.1, 0.15) is 53.5 Å². The predicted octanol–water partition coefficient (Wildman–Crippen LogP) is 5.84. The number of rotatable bonds is 10. The van der Waals surface area contributed by atoms with E-state index in [9.17, 15) is 4.79 Å². The number of amides is 1. The number of aromatic nitrogens is 1. The van der Waals surface area contributed by atoms with E-state index in [0.29, 0.717) is 17.2 Å². The van der Waals surface area contributed by atoms with E-state index in [1.807, 2.05) is 61.5 Å². The summed E-state index contributed by atoms with van der Waals surface area (Å²) in [6.07, 6.45) is 6.25. The summed E-state index contributed by atoms with van der Waals surface area (Å²) < 4.78 is 5.89. The van der Waals surface area contributed by atoms with Crippen LogP contribution in [0.25, 0.3) is 10.6 Å². The SMILES string of the molecule is CCCCCCOc1ccccc1/C=N/NC(=O)c1sc(-c2ccccc2)nc1C. The number of hydrogen-bond acceptors (Lipinski definition) is 5. The van der Waals surface area contributed by atoms with Gasteiger partial charge in [0.2, 0.25) is 0 Å². The minimum atomic E-state index is -0.263. The zero-order valence-electron chi connectivity index (χ0n) is 17.4. The summed E-state index contributed by atoms with van der Waals surface area (Å²) in [4.78, 5) is 17.7. The number of hydrogen-bond donors (Lipinski definition) is 1. The van der Waals surface area contributed by atoms with Crippen LogP contribution < -0.4 is 10.2 Å². The molecule has 0 fully saturated rings. The van der Waals surface area contributed by atoms with Crippen LogP contribution in [0.4, 0.5) is 0 Å². The fourth-order valence-corrected chi connectivity index (χ4v) is 3.91. The van der Waals surface area contributed by atoms with Crippen LogP contribution in [0.5, 0.6) is 5.75 Å². The lowest BCUT2D eigenvalue weighted by Crippen LogP contribution is -2.17. The fourth-order valence-electron chi connectivity index (χ4n) is 2.95. The van der Waals surface area contributed by atoms with Gasteiger partial charge in [0.25, 0.3) is 5.91 Å². The highest BCUT2D eigenvalue weighted by atomic mass is 32.1. The van der Waals surface area contributed by atoms with E-state index in [-0.39, 0.29) is 5.91 Å². The first kappa shape index (κ1) is 21.7. The van der Waals surface area contributed by atoms with Gasteiger partial charge in [0.15, 0.2) is 0 Å². The summed E-state index contributed by atoms with van der Waals surface area (Å²) >= 11 is 1.37. The van der Waals surface area contributed by atoms with Gasteiger partial charge in [-0.3, -0.25) is 4.79 Å². The Bertz CT molecular complexity index is 983. The van der Waals surface area contributed by atoms with Crippen LogP contribution in [0.2, 0.25) is 0 Å². The number of hydrazone groups is 1. The molecule has 0 aliphatic carbocycles. The molecule has 0 unspecified atom stereocenters. The minimum Gasteiger partial charge on any atom is -0.493 e. The predicted molar refractivity (Wildman–Crippen MR) is 123 cm³/mol. The van der Waals surface area contributed by atoms with Crippen molar-refractivity contribution in [3.05, 3.63) is 70.7 Å². The molecule has 1 aromatic heterocycles. The number of nitrogens with one attached hydrogen (secondary N) is 1. The molecule has 6 heteroatoms. The number of nitrogens with zero attached hydrogens (tertiary/aromatic N) is 2. The second-order valence-electron chi connectivity index (χ2n) is 6.95. The Morgan fingerprint density at radius 1 is 1.10 bits per heavy atom. The molecule has 1 heterocycles. The summed E-state index contributed by atoms with van der Waals surface area (Å²) in [5.41, 5.74) is 5.14. The molecule has 0 bridgehead atoms. The van der Waals surface area contributed by atoms with E-state index in [1.54, 1.807) is 6.21 Å². The van der Waals surface area contributed by atoms with Crippen LogP contribution in [0.3, 0.4) is 0 Å². The van der Waals surface area contributed by atoms with Gasteiger partial charge in [-0.05, 0) is 25.5 Å². The first-order chi connectivity index (χ1) is 14.7. The quantitative estimate of drug-likeness (QED) is 0.254. The summed E-state index contributed by atoms with van der Waals surface area (Å²) in [5.74, 6) is 0.508. The minimum absolute atomic E-state index is 0.263. The number of aryl methyl sites for hydroxylation is 1. The Morgan fingerprint density at radius 3 is 2.67 bits per heavy atom. The van der Waals surface area contributed by atoms with E-state index in [1.165, 1.54) is 30.6 Å². The van der Waals surface area contributed by atoms with E-state index in [4.69, 9.17) is 4.74 Å². The van der Waals surface area contributed by atoms with Gasteiger partial charge in [0.1, 0.15) is 15.6 Å². The first-order valence-electron chi connectivity index (χ1n) is 10.3. The summed E-state index contributed by atoms with van der Waals surface area (Å²) in [7, 11) is 0. The van der Waals surface area contributed by atoms with Crippen LogP contribution >= 0.6 is 11.3 Å². The Hall–Kier alpha value is -2.99. The largest absolute Gasteiger partial charge is 0.493 e. The molecular weight excluding hydrogens is 394 g/mol. The number of benzene rings is 2. The zero-order chi connectivity index (χ0) is 21.2. The maximum absolute atomic E-state index is 12.6. The van der Waals surface area contributed by atoms with Crippen molar-refractivity contribution in [2.75, 3.05) is 6.61 Å². The van der Waals surface area contributed by atoms with Crippen molar-refractivity contribution in [2.24, 2.45) is 5.10 Å². The Labute approximate surface area is 181 Å². The third-order valence-electron chi connectivity index (χ3n) is 4.57. The summed E-state index contributed by atoms with van der Waals surface area (Å²) in [6.45, 7) is 4.71.